The van der Waals surface area contributed by atoms with Gasteiger partial charge in [0.15, 0.2) is 0 Å². The highest BCUT2D eigenvalue weighted by Crippen LogP contribution is 2.42. The average Bonchev–Trinajstić information content (AvgIpc) is 2.94. The molecule has 1 fully saturated rings. The van der Waals surface area contributed by atoms with Crippen molar-refractivity contribution in [2.45, 2.75) is 50.7 Å². The SMILES string of the molecule is CC1(C)CCc2cc([C@@H]3C[C@H]3N)ccc2O1. The summed E-state index contributed by atoms with van der Waals surface area (Å²) in [7, 11) is 0. The van der Waals surface area contributed by atoms with E-state index in [0.29, 0.717) is 12.0 Å². The van der Waals surface area contributed by atoms with Gasteiger partial charge in [-0.05, 0) is 50.3 Å². The topological polar surface area (TPSA) is 35.2 Å². The molecule has 0 bridgehead atoms. The van der Waals surface area contributed by atoms with Crippen molar-refractivity contribution in [1.82, 2.24) is 0 Å². The Bertz CT molecular complexity index is 425. The first-order valence-corrected chi connectivity index (χ1v) is 6.13. The number of ether oxygens (including phenoxy) is 1. The van der Waals surface area contributed by atoms with Gasteiger partial charge in [-0.3, -0.25) is 0 Å². The highest BCUT2D eigenvalue weighted by atomic mass is 16.5. The molecular formula is C14H19NO. The van der Waals surface area contributed by atoms with Crippen LogP contribution in [0.5, 0.6) is 5.75 Å². The molecule has 0 spiro atoms. The summed E-state index contributed by atoms with van der Waals surface area (Å²) < 4.78 is 5.97. The Morgan fingerprint density at radius 3 is 2.81 bits per heavy atom. The number of hydrogen-bond donors (Lipinski definition) is 1. The molecule has 0 unspecified atom stereocenters. The van der Waals surface area contributed by atoms with E-state index in [1.165, 1.54) is 11.1 Å². The second-order valence-electron chi connectivity index (χ2n) is 5.73. The highest BCUT2D eigenvalue weighted by molar-refractivity contribution is 5.42. The lowest BCUT2D eigenvalue weighted by Crippen LogP contribution is -2.32. The Labute approximate surface area is 96.8 Å². The summed E-state index contributed by atoms with van der Waals surface area (Å²) in [6, 6.07) is 6.98. The van der Waals surface area contributed by atoms with Crippen LogP contribution in [-0.4, -0.2) is 11.6 Å². The minimum atomic E-state index is -0.00942. The van der Waals surface area contributed by atoms with Crippen molar-refractivity contribution in [3.05, 3.63) is 29.3 Å². The summed E-state index contributed by atoms with van der Waals surface area (Å²) in [5, 5.41) is 0. The summed E-state index contributed by atoms with van der Waals surface area (Å²) in [6.07, 6.45) is 3.36. The lowest BCUT2D eigenvalue weighted by Gasteiger charge is -2.32. The number of fused-ring (bicyclic) bond motifs is 1. The number of rotatable bonds is 1. The monoisotopic (exact) mass is 217 g/mol. The molecule has 3 rings (SSSR count). The normalized spacial score (nSPS) is 30.4. The largest absolute Gasteiger partial charge is 0.488 e. The van der Waals surface area contributed by atoms with Gasteiger partial charge in [0.25, 0.3) is 0 Å². The minimum absolute atomic E-state index is 0.00942. The van der Waals surface area contributed by atoms with E-state index in [2.05, 4.69) is 32.0 Å². The summed E-state index contributed by atoms with van der Waals surface area (Å²) >= 11 is 0. The first kappa shape index (κ1) is 10.2. The molecule has 2 N–H and O–H groups in total. The number of benzene rings is 1. The van der Waals surface area contributed by atoms with E-state index in [4.69, 9.17) is 10.5 Å². The van der Waals surface area contributed by atoms with Gasteiger partial charge in [-0.15, -0.1) is 0 Å². The van der Waals surface area contributed by atoms with Gasteiger partial charge < -0.3 is 10.5 Å². The summed E-state index contributed by atoms with van der Waals surface area (Å²) in [4.78, 5) is 0. The zero-order valence-electron chi connectivity index (χ0n) is 9.99. The van der Waals surface area contributed by atoms with Crippen molar-refractivity contribution in [1.29, 1.82) is 0 Å². The quantitative estimate of drug-likeness (QED) is 0.784. The van der Waals surface area contributed by atoms with E-state index < -0.39 is 0 Å². The predicted octanol–water partition coefficient (Wildman–Crippen LogP) is 2.60. The van der Waals surface area contributed by atoms with Crippen LogP contribution in [0.1, 0.15) is 43.7 Å². The van der Waals surface area contributed by atoms with Crippen LogP contribution < -0.4 is 10.5 Å². The van der Waals surface area contributed by atoms with E-state index in [0.717, 1.165) is 25.0 Å². The van der Waals surface area contributed by atoms with Gasteiger partial charge in [-0.25, -0.2) is 0 Å². The number of aryl methyl sites for hydroxylation is 1. The molecular weight excluding hydrogens is 198 g/mol. The van der Waals surface area contributed by atoms with E-state index in [9.17, 15) is 0 Å². The maximum atomic E-state index is 5.97. The standard InChI is InChI=1S/C14H19NO/c1-14(2)6-5-10-7-9(11-8-12(11)15)3-4-13(10)16-14/h3-4,7,11-12H,5-6,8,15H2,1-2H3/t11-,12+/m0/s1. The average molecular weight is 217 g/mol. The fourth-order valence-electron chi connectivity index (χ4n) is 2.51. The van der Waals surface area contributed by atoms with Crippen LogP contribution in [-0.2, 0) is 6.42 Å². The smallest absolute Gasteiger partial charge is 0.123 e. The van der Waals surface area contributed by atoms with Crippen molar-refractivity contribution in [3.8, 4) is 5.75 Å². The van der Waals surface area contributed by atoms with Crippen LogP contribution in [0.2, 0.25) is 0 Å². The Morgan fingerprint density at radius 2 is 2.12 bits per heavy atom. The Balaban J connectivity index is 1.89. The molecule has 1 aromatic carbocycles. The molecule has 1 aromatic rings. The molecule has 0 radical (unpaired) electrons. The number of nitrogens with two attached hydrogens (primary N) is 1. The van der Waals surface area contributed by atoms with Crippen molar-refractivity contribution < 1.29 is 4.74 Å². The first-order valence-electron chi connectivity index (χ1n) is 6.13. The zero-order valence-corrected chi connectivity index (χ0v) is 9.99. The van der Waals surface area contributed by atoms with Crippen molar-refractivity contribution in [2.75, 3.05) is 0 Å². The van der Waals surface area contributed by atoms with Gasteiger partial charge in [0.2, 0.25) is 0 Å². The molecule has 1 aliphatic carbocycles. The maximum Gasteiger partial charge on any atom is 0.123 e. The van der Waals surface area contributed by atoms with Crippen molar-refractivity contribution in [3.63, 3.8) is 0 Å². The fourth-order valence-corrected chi connectivity index (χ4v) is 2.51. The van der Waals surface area contributed by atoms with E-state index in [1.807, 2.05) is 0 Å². The molecule has 0 saturated heterocycles. The third-order valence-corrected chi connectivity index (χ3v) is 3.74. The first-order chi connectivity index (χ1) is 7.55. The predicted molar refractivity (Wildman–Crippen MR) is 64.8 cm³/mol. The van der Waals surface area contributed by atoms with E-state index in [-0.39, 0.29) is 5.60 Å². The summed E-state index contributed by atoms with van der Waals surface area (Å²) in [5.41, 5.74) is 8.63. The van der Waals surface area contributed by atoms with Gasteiger partial charge in [0, 0.05) is 12.0 Å². The molecule has 1 aliphatic heterocycles. The van der Waals surface area contributed by atoms with Gasteiger partial charge in [0.05, 0.1) is 0 Å². The molecule has 1 heterocycles. The molecule has 0 amide bonds. The van der Waals surface area contributed by atoms with Gasteiger partial charge in [-0.1, -0.05) is 12.1 Å². The molecule has 2 nitrogen and oxygen atoms in total. The molecule has 2 aliphatic rings. The second-order valence-corrected chi connectivity index (χ2v) is 5.73. The lowest BCUT2D eigenvalue weighted by atomic mass is 9.92. The second kappa shape index (κ2) is 3.24. The molecule has 2 heteroatoms. The maximum absolute atomic E-state index is 5.97. The molecule has 16 heavy (non-hydrogen) atoms. The van der Waals surface area contributed by atoms with Crippen LogP contribution >= 0.6 is 0 Å². The summed E-state index contributed by atoms with van der Waals surface area (Å²) in [6.45, 7) is 4.31. The van der Waals surface area contributed by atoms with E-state index in [1.54, 1.807) is 0 Å². The third kappa shape index (κ3) is 1.71. The summed E-state index contributed by atoms with van der Waals surface area (Å²) in [5.74, 6) is 1.66. The zero-order chi connectivity index (χ0) is 11.3. The van der Waals surface area contributed by atoms with Crippen LogP contribution in [0.4, 0.5) is 0 Å². The van der Waals surface area contributed by atoms with Crippen LogP contribution in [0, 0.1) is 0 Å². The van der Waals surface area contributed by atoms with Crippen LogP contribution in [0.15, 0.2) is 18.2 Å². The number of hydrogen-bond acceptors (Lipinski definition) is 2. The molecule has 2 atom stereocenters. The van der Waals surface area contributed by atoms with E-state index >= 15 is 0 Å². The Hall–Kier alpha value is -1.02. The van der Waals surface area contributed by atoms with Crippen molar-refractivity contribution >= 4 is 0 Å². The Morgan fingerprint density at radius 1 is 1.38 bits per heavy atom. The van der Waals surface area contributed by atoms with Gasteiger partial charge >= 0.3 is 0 Å². The minimum Gasteiger partial charge on any atom is -0.488 e. The van der Waals surface area contributed by atoms with Gasteiger partial charge in [0.1, 0.15) is 11.4 Å². The highest BCUT2D eigenvalue weighted by Gasteiger charge is 2.35. The molecule has 86 valence electrons. The fraction of sp³-hybridized carbons (Fsp3) is 0.571. The van der Waals surface area contributed by atoms with Crippen molar-refractivity contribution in [2.24, 2.45) is 5.73 Å². The lowest BCUT2D eigenvalue weighted by molar-refractivity contribution is 0.0846. The molecule has 1 saturated carbocycles. The molecule has 0 aromatic heterocycles. The van der Waals surface area contributed by atoms with Gasteiger partial charge in [-0.2, -0.15) is 0 Å². The van der Waals surface area contributed by atoms with Crippen LogP contribution in [0.25, 0.3) is 0 Å². The third-order valence-electron chi connectivity index (χ3n) is 3.74. The van der Waals surface area contributed by atoms with Crippen LogP contribution in [0.3, 0.4) is 0 Å². The Kier molecular flexibility index (Phi) is 2.05.